The zero-order valence-electron chi connectivity index (χ0n) is 11.9. The summed E-state index contributed by atoms with van der Waals surface area (Å²) in [5, 5.41) is 0.488. The molecule has 3 heteroatoms. The normalized spacial score (nSPS) is 11.0. The SMILES string of the molecule is CC(C)=CCc1cccc2oc3cccc(F)c3c(=O)c12. The number of hydrogen-bond acceptors (Lipinski definition) is 2. The molecule has 0 N–H and O–H groups in total. The summed E-state index contributed by atoms with van der Waals surface area (Å²) in [7, 11) is 0. The second-order valence-corrected chi connectivity index (χ2v) is 5.32. The molecule has 21 heavy (non-hydrogen) atoms. The fourth-order valence-electron chi connectivity index (χ4n) is 2.46. The van der Waals surface area contributed by atoms with Crippen LogP contribution in [0.25, 0.3) is 21.9 Å². The number of halogens is 1. The Bertz CT molecular complexity index is 916. The third-order valence-corrected chi connectivity index (χ3v) is 3.49. The van der Waals surface area contributed by atoms with Gasteiger partial charge in [-0.05, 0) is 44.0 Å². The number of hydrogen-bond donors (Lipinski definition) is 0. The molecule has 3 rings (SSSR count). The van der Waals surface area contributed by atoms with E-state index in [-0.39, 0.29) is 16.4 Å². The van der Waals surface area contributed by atoms with Crippen molar-refractivity contribution in [1.82, 2.24) is 0 Å². The van der Waals surface area contributed by atoms with Crippen LogP contribution >= 0.6 is 0 Å². The average Bonchev–Trinajstić information content (AvgIpc) is 2.44. The molecule has 0 amide bonds. The third kappa shape index (κ3) is 2.35. The average molecular weight is 282 g/mol. The minimum absolute atomic E-state index is 0.0228. The molecule has 1 aromatic heterocycles. The van der Waals surface area contributed by atoms with Gasteiger partial charge in [0.25, 0.3) is 0 Å². The van der Waals surface area contributed by atoms with Gasteiger partial charge in [0.15, 0.2) is 0 Å². The maximum Gasteiger partial charge on any atom is 0.203 e. The van der Waals surface area contributed by atoms with Crippen LogP contribution in [0, 0.1) is 5.82 Å². The molecular weight excluding hydrogens is 267 g/mol. The van der Waals surface area contributed by atoms with Crippen molar-refractivity contribution in [3.63, 3.8) is 0 Å². The Morgan fingerprint density at radius 2 is 1.76 bits per heavy atom. The molecule has 0 atom stereocenters. The molecule has 2 aromatic carbocycles. The van der Waals surface area contributed by atoms with Crippen LogP contribution in [0.2, 0.25) is 0 Å². The lowest BCUT2D eigenvalue weighted by molar-refractivity contribution is 0.624. The first-order valence-corrected chi connectivity index (χ1v) is 6.84. The van der Waals surface area contributed by atoms with Gasteiger partial charge in [-0.2, -0.15) is 0 Å². The Kier molecular flexibility index (Phi) is 3.34. The molecule has 0 spiro atoms. The molecule has 0 saturated heterocycles. The van der Waals surface area contributed by atoms with Crippen molar-refractivity contribution in [2.45, 2.75) is 20.3 Å². The van der Waals surface area contributed by atoms with E-state index in [4.69, 9.17) is 4.42 Å². The number of allylic oxidation sites excluding steroid dienone is 2. The molecule has 0 aliphatic heterocycles. The molecule has 0 radical (unpaired) electrons. The summed E-state index contributed by atoms with van der Waals surface area (Å²) in [4.78, 5) is 12.7. The van der Waals surface area contributed by atoms with Gasteiger partial charge in [-0.1, -0.05) is 29.8 Å². The summed E-state index contributed by atoms with van der Waals surface area (Å²) in [6.07, 6.45) is 2.67. The lowest BCUT2D eigenvalue weighted by atomic mass is 10.0. The van der Waals surface area contributed by atoms with Crippen molar-refractivity contribution >= 4 is 21.9 Å². The van der Waals surface area contributed by atoms with E-state index in [1.807, 2.05) is 32.1 Å². The van der Waals surface area contributed by atoms with Gasteiger partial charge in [-0.25, -0.2) is 4.39 Å². The molecule has 0 aliphatic carbocycles. The van der Waals surface area contributed by atoms with Gasteiger partial charge in [0.2, 0.25) is 5.43 Å². The maximum absolute atomic E-state index is 13.9. The summed E-state index contributed by atoms with van der Waals surface area (Å²) in [5.41, 5.74) is 2.50. The smallest absolute Gasteiger partial charge is 0.203 e. The van der Waals surface area contributed by atoms with Crippen LogP contribution in [0.15, 0.2) is 57.3 Å². The van der Waals surface area contributed by atoms with Crippen molar-refractivity contribution in [2.75, 3.05) is 0 Å². The largest absolute Gasteiger partial charge is 0.456 e. The fourth-order valence-corrected chi connectivity index (χ4v) is 2.46. The first-order chi connectivity index (χ1) is 10.1. The quantitative estimate of drug-likeness (QED) is 0.508. The zero-order chi connectivity index (χ0) is 15.0. The molecule has 0 bridgehead atoms. The summed E-state index contributed by atoms with van der Waals surface area (Å²) in [6, 6.07) is 9.91. The van der Waals surface area contributed by atoms with Crippen LogP contribution in [0.5, 0.6) is 0 Å². The Morgan fingerprint density at radius 1 is 1.10 bits per heavy atom. The van der Waals surface area contributed by atoms with Gasteiger partial charge in [-0.3, -0.25) is 4.79 Å². The fraction of sp³-hybridized carbons (Fsp3) is 0.167. The van der Waals surface area contributed by atoms with E-state index in [0.29, 0.717) is 17.4 Å². The van der Waals surface area contributed by atoms with Gasteiger partial charge >= 0.3 is 0 Å². The zero-order valence-corrected chi connectivity index (χ0v) is 11.9. The van der Waals surface area contributed by atoms with Gasteiger partial charge in [0.05, 0.1) is 5.39 Å². The van der Waals surface area contributed by atoms with E-state index in [2.05, 4.69) is 0 Å². The van der Waals surface area contributed by atoms with Crippen molar-refractivity contribution < 1.29 is 8.81 Å². The Hall–Kier alpha value is -2.42. The predicted octanol–water partition coefficient (Wildman–Crippen LogP) is 4.59. The lowest BCUT2D eigenvalue weighted by Crippen LogP contribution is -2.06. The molecule has 2 nitrogen and oxygen atoms in total. The lowest BCUT2D eigenvalue weighted by Gasteiger charge is -2.06. The molecule has 1 heterocycles. The molecular formula is C18H15FO2. The standard InChI is InChI=1S/C18H15FO2/c1-11(2)9-10-12-5-3-7-14-16(12)18(20)17-13(19)6-4-8-15(17)21-14/h3-9H,10H2,1-2H3. The van der Waals surface area contributed by atoms with Gasteiger partial charge < -0.3 is 4.42 Å². The van der Waals surface area contributed by atoms with Crippen LogP contribution in [0.1, 0.15) is 19.4 Å². The number of benzene rings is 2. The maximum atomic E-state index is 13.9. The highest BCUT2D eigenvalue weighted by Gasteiger charge is 2.13. The van der Waals surface area contributed by atoms with E-state index >= 15 is 0 Å². The van der Waals surface area contributed by atoms with Crippen LogP contribution in [-0.2, 0) is 6.42 Å². The summed E-state index contributed by atoms with van der Waals surface area (Å²) in [6.45, 7) is 4.01. The van der Waals surface area contributed by atoms with Gasteiger partial charge in [0.1, 0.15) is 22.4 Å². The van der Waals surface area contributed by atoms with Crippen LogP contribution in [0.3, 0.4) is 0 Å². The number of fused-ring (bicyclic) bond motifs is 2. The molecule has 0 saturated carbocycles. The van der Waals surface area contributed by atoms with Crippen LogP contribution < -0.4 is 5.43 Å². The number of rotatable bonds is 2. The van der Waals surface area contributed by atoms with E-state index in [0.717, 1.165) is 5.56 Å². The molecule has 106 valence electrons. The highest BCUT2D eigenvalue weighted by atomic mass is 19.1. The van der Waals surface area contributed by atoms with Crippen molar-refractivity contribution in [3.05, 3.63) is 69.7 Å². The van der Waals surface area contributed by atoms with E-state index < -0.39 is 5.82 Å². The molecule has 0 fully saturated rings. The monoisotopic (exact) mass is 282 g/mol. The molecule has 0 unspecified atom stereocenters. The summed E-state index contributed by atoms with van der Waals surface area (Å²) >= 11 is 0. The van der Waals surface area contributed by atoms with Gasteiger partial charge in [0, 0.05) is 0 Å². The predicted molar refractivity (Wildman–Crippen MR) is 83.1 cm³/mol. The molecule has 3 aromatic rings. The Balaban J connectivity index is 2.40. The van der Waals surface area contributed by atoms with Gasteiger partial charge in [-0.15, -0.1) is 0 Å². The first-order valence-electron chi connectivity index (χ1n) is 6.84. The Morgan fingerprint density at radius 3 is 2.48 bits per heavy atom. The topological polar surface area (TPSA) is 30.2 Å². The first kappa shape index (κ1) is 13.6. The second-order valence-electron chi connectivity index (χ2n) is 5.32. The second kappa shape index (κ2) is 5.17. The summed E-state index contributed by atoms with van der Waals surface area (Å²) < 4.78 is 19.6. The highest BCUT2D eigenvalue weighted by Crippen LogP contribution is 2.23. The summed E-state index contributed by atoms with van der Waals surface area (Å²) in [5.74, 6) is -0.542. The van der Waals surface area contributed by atoms with Crippen molar-refractivity contribution in [2.24, 2.45) is 0 Å². The third-order valence-electron chi connectivity index (χ3n) is 3.49. The van der Waals surface area contributed by atoms with Crippen molar-refractivity contribution in [1.29, 1.82) is 0 Å². The van der Waals surface area contributed by atoms with Crippen LogP contribution in [0.4, 0.5) is 4.39 Å². The van der Waals surface area contributed by atoms with E-state index in [1.54, 1.807) is 18.2 Å². The van der Waals surface area contributed by atoms with E-state index in [9.17, 15) is 9.18 Å². The van der Waals surface area contributed by atoms with Crippen molar-refractivity contribution in [3.8, 4) is 0 Å². The highest BCUT2D eigenvalue weighted by molar-refractivity contribution is 5.91. The van der Waals surface area contributed by atoms with Crippen LogP contribution in [-0.4, -0.2) is 0 Å². The van der Waals surface area contributed by atoms with E-state index in [1.165, 1.54) is 11.6 Å². The molecule has 0 aliphatic rings. The minimum atomic E-state index is -0.542. The minimum Gasteiger partial charge on any atom is -0.456 e. The Labute approximate surface area is 121 Å².